The molecule has 1 aromatic carbocycles. The van der Waals surface area contributed by atoms with Crippen molar-refractivity contribution in [1.82, 2.24) is 34.7 Å². The van der Waals surface area contributed by atoms with E-state index in [1.165, 1.54) is 0 Å². The molecule has 0 aliphatic rings. The number of hydrogen-bond donors (Lipinski definition) is 1. The highest BCUT2D eigenvalue weighted by Gasteiger charge is 2.14. The van der Waals surface area contributed by atoms with Crippen LogP contribution < -0.4 is 0 Å². The van der Waals surface area contributed by atoms with Gasteiger partial charge in [0.05, 0.1) is 12.0 Å². The third-order valence-electron chi connectivity index (χ3n) is 4.36. The number of hydrogen-bond acceptors (Lipinski definition) is 5. The Hall–Kier alpha value is -3.87. The normalized spacial score (nSPS) is 11.1. The molecular weight excluding hydrogens is 338 g/mol. The van der Waals surface area contributed by atoms with E-state index in [0.29, 0.717) is 11.5 Å². The number of H-pyrrole nitrogens is 1. The minimum atomic E-state index is 0.636. The van der Waals surface area contributed by atoms with Crippen LogP contribution in [-0.2, 0) is 7.05 Å². The van der Waals surface area contributed by atoms with Crippen molar-refractivity contribution in [3.05, 3.63) is 67.4 Å². The number of nitrogens with zero attached hydrogens (tertiary/aromatic N) is 6. The highest BCUT2D eigenvalue weighted by molar-refractivity contribution is 5.88. The van der Waals surface area contributed by atoms with Crippen molar-refractivity contribution < 1.29 is 0 Å². The average molecular weight is 353 g/mol. The molecule has 4 heterocycles. The molecule has 4 aromatic heterocycles. The van der Waals surface area contributed by atoms with E-state index in [4.69, 9.17) is 4.98 Å². The van der Waals surface area contributed by atoms with Gasteiger partial charge in [0.2, 0.25) is 0 Å². The SMILES string of the molecule is Cn1ccc(-c2cccc(-c3nc(-c4ccncc4)c4nc[nH]c4n3)c2)n1. The maximum atomic E-state index is 4.81. The molecule has 0 aliphatic carbocycles. The molecule has 0 radical (unpaired) electrons. The van der Waals surface area contributed by atoms with E-state index in [2.05, 4.69) is 31.1 Å². The number of benzene rings is 1. The molecule has 130 valence electrons. The zero-order chi connectivity index (χ0) is 18.2. The zero-order valence-electron chi connectivity index (χ0n) is 14.5. The first kappa shape index (κ1) is 15.4. The van der Waals surface area contributed by atoms with Crippen LogP contribution in [0.2, 0.25) is 0 Å². The van der Waals surface area contributed by atoms with Crippen LogP contribution in [0.15, 0.2) is 67.4 Å². The Morgan fingerprint density at radius 3 is 2.59 bits per heavy atom. The summed E-state index contributed by atoms with van der Waals surface area (Å²) in [4.78, 5) is 21.0. The van der Waals surface area contributed by atoms with Crippen LogP contribution in [0.1, 0.15) is 0 Å². The maximum absolute atomic E-state index is 4.81. The summed E-state index contributed by atoms with van der Waals surface area (Å²) < 4.78 is 1.79. The molecule has 5 rings (SSSR count). The molecule has 7 nitrogen and oxygen atoms in total. The van der Waals surface area contributed by atoms with Gasteiger partial charge in [0.1, 0.15) is 11.2 Å². The van der Waals surface area contributed by atoms with E-state index in [1.54, 1.807) is 23.4 Å². The largest absolute Gasteiger partial charge is 0.329 e. The molecule has 0 unspecified atom stereocenters. The van der Waals surface area contributed by atoms with E-state index < -0.39 is 0 Å². The van der Waals surface area contributed by atoms with Crippen molar-refractivity contribution in [2.75, 3.05) is 0 Å². The van der Waals surface area contributed by atoms with Crippen molar-refractivity contribution >= 4 is 11.2 Å². The van der Waals surface area contributed by atoms with Gasteiger partial charge in [0.25, 0.3) is 0 Å². The first-order valence-electron chi connectivity index (χ1n) is 8.50. The first-order chi connectivity index (χ1) is 13.3. The van der Waals surface area contributed by atoms with Gasteiger partial charge < -0.3 is 4.98 Å². The highest BCUT2D eigenvalue weighted by atomic mass is 15.2. The van der Waals surface area contributed by atoms with Crippen molar-refractivity contribution in [1.29, 1.82) is 0 Å². The fourth-order valence-electron chi connectivity index (χ4n) is 3.06. The lowest BCUT2D eigenvalue weighted by Crippen LogP contribution is -1.95. The van der Waals surface area contributed by atoms with Gasteiger partial charge in [-0.3, -0.25) is 9.67 Å². The number of nitrogens with one attached hydrogen (secondary N) is 1. The minimum Gasteiger partial charge on any atom is -0.329 e. The fourth-order valence-corrected chi connectivity index (χ4v) is 3.06. The van der Waals surface area contributed by atoms with Crippen LogP contribution in [0, 0.1) is 0 Å². The summed E-state index contributed by atoms with van der Waals surface area (Å²) in [7, 11) is 1.91. The third-order valence-corrected chi connectivity index (χ3v) is 4.36. The molecule has 0 spiro atoms. The number of aryl methyl sites for hydroxylation is 1. The van der Waals surface area contributed by atoms with Gasteiger partial charge in [-0.25, -0.2) is 15.0 Å². The molecule has 0 fully saturated rings. The van der Waals surface area contributed by atoms with Crippen LogP contribution in [0.4, 0.5) is 0 Å². The number of pyridine rings is 1. The Morgan fingerprint density at radius 1 is 0.926 bits per heavy atom. The van der Waals surface area contributed by atoms with Gasteiger partial charge in [-0.15, -0.1) is 0 Å². The molecular formula is C20H15N7. The topological polar surface area (TPSA) is 85.2 Å². The van der Waals surface area contributed by atoms with Crippen LogP contribution in [0.5, 0.6) is 0 Å². The van der Waals surface area contributed by atoms with Crippen LogP contribution in [-0.4, -0.2) is 34.7 Å². The molecule has 7 heteroatoms. The van der Waals surface area contributed by atoms with Gasteiger partial charge >= 0.3 is 0 Å². The van der Waals surface area contributed by atoms with E-state index in [1.807, 2.05) is 49.6 Å². The smallest absolute Gasteiger partial charge is 0.162 e. The molecule has 0 amide bonds. The number of imidazole rings is 1. The number of aromatic amines is 1. The maximum Gasteiger partial charge on any atom is 0.162 e. The summed E-state index contributed by atoms with van der Waals surface area (Å²) in [5.74, 6) is 0.636. The number of rotatable bonds is 3. The Morgan fingerprint density at radius 2 is 1.78 bits per heavy atom. The second-order valence-electron chi connectivity index (χ2n) is 6.19. The molecule has 27 heavy (non-hydrogen) atoms. The summed E-state index contributed by atoms with van der Waals surface area (Å²) in [6.07, 6.45) is 7.06. The lowest BCUT2D eigenvalue weighted by molar-refractivity contribution is 0.771. The van der Waals surface area contributed by atoms with Crippen LogP contribution in [0.3, 0.4) is 0 Å². The van der Waals surface area contributed by atoms with Crippen molar-refractivity contribution in [3.8, 4) is 33.9 Å². The lowest BCUT2D eigenvalue weighted by Gasteiger charge is -2.07. The third kappa shape index (κ3) is 2.75. The fraction of sp³-hybridized carbons (Fsp3) is 0.0500. The van der Waals surface area contributed by atoms with Crippen LogP contribution >= 0.6 is 0 Å². The molecule has 0 saturated heterocycles. The van der Waals surface area contributed by atoms with E-state index >= 15 is 0 Å². The Kier molecular flexibility index (Phi) is 3.50. The predicted octanol–water partition coefficient (Wildman–Crippen LogP) is 3.48. The molecule has 0 bridgehead atoms. The van der Waals surface area contributed by atoms with Gasteiger partial charge in [0.15, 0.2) is 11.5 Å². The molecule has 0 atom stereocenters. The Labute approximate surface area is 154 Å². The molecule has 0 saturated carbocycles. The summed E-state index contributed by atoms with van der Waals surface area (Å²) >= 11 is 0. The number of aromatic nitrogens is 7. The van der Waals surface area contributed by atoms with Gasteiger partial charge in [-0.05, 0) is 24.3 Å². The van der Waals surface area contributed by atoms with Gasteiger partial charge in [-0.1, -0.05) is 18.2 Å². The van der Waals surface area contributed by atoms with E-state index in [0.717, 1.165) is 33.6 Å². The summed E-state index contributed by atoms with van der Waals surface area (Å²) in [5.41, 5.74) is 6.03. The van der Waals surface area contributed by atoms with Crippen molar-refractivity contribution in [3.63, 3.8) is 0 Å². The predicted molar refractivity (Wildman–Crippen MR) is 103 cm³/mol. The van der Waals surface area contributed by atoms with E-state index in [9.17, 15) is 0 Å². The first-order valence-corrected chi connectivity index (χ1v) is 8.50. The second kappa shape index (κ2) is 6.14. The Bertz CT molecular complexity index is 1240. The van der Waals surface area contributed by atoms with Crippen molar-refractivity contribution in [2.24, 2.45) is 7.05 Å². The minimum absolute atomic E-state index is 0.636. The van der Waals surface area contributed by atoms with Gasteiger partial charge in [0, 0.05) is 42.3 Å². The molecule has 0 aliphatic heterocycles. The monoisotopic (exact) mass is 353 g/mol. The zero-order valence-corrected chi connectivity index (χ0v) is 14.5. The molecule has 1 N–H and O–H groups in total. The van der Waals surface area contributed by atoms with Crippen molar-refractivity contribution in [2.45, 2.75) is 0 Å². The lowest BCUT2D eigenvalue weighted by atomic mass is 10.1. The van der Waals surface area contributed by atoms with Crippen LogP contribution in [0.25, 0.3) is 45.1 Å². The molecule has 5 aromatic rings. The summed E-state index contributed by atoms with van der Waals surface area (Å²) in [6.45, 7) is 0. The van der Waals surface area contributed by atoms with Gasteiger partial charge in [-0.2, -0.15) is 5.10 Å². The number of fused-ring (bicyclic) bond motifs is 1. The quantitative estimate of drug-likeness (QED) is 0.537. The summed E-state index contributed by atoms with van der Waals surface area (Å²) in [6, 6.07) is 13.9. The summed E-state index contributed by atoms with van der Waals surface area (Å²) in [5, 5.41) is 4.48. The second-order valence-corrected chi connectivity index (χ2v) is 6.19. The standard InChI is InChI=1S/C20H15N7/c1-27-10-7-16(26-27)14-3-2-4-15(11-14)19-24-17(13-5-8-21-9-6-13)18-20(25-19)23-12-22-18/h2-12H,1H3,(H,22,23,24,25). The van der Waals surface area contributed by atoms with E-state index in [-0.39, 0.29) is 0 Å². The Balaban J connectivity index is 1.68. The average Bonchev–Trinajstić information content (AvgIpc) is 3.37. The highest BCUT2D eigenvalue weighted by Crippen LogP contribution is 2.28.